The molecule has 0 unspecified atom stereocenters. The van der Waals surface area contributed by atoms with Gasteiger partial charge in [0, 0.05) is 58.6 Å². The molecule has 4 rings (SSSR count). The highest BCUT2D eigenvalue weighted by Gasteiger charge is 2.25. The molecule has 29 heavy (non-hydrogen) atoms. The van der Waals surface area contributed by atoms with E-state index in [1.807, 2.05) is 6.07 Å². The van der Waals surface area contributed by atoms with E-state index in [0.29, 0.717) is 63.7 Å². The summed E-state index contributed by atoms with van der Waals surface area (Å²) in [6.07, 6.45) is 3.92. The largest absolute Gasteiger partial charge is 0.459 e. The Morgan fingerprint density at radius 1 is 0.897 bits per heavy atom. The summed E-state index contributed by atoms with van der Waals surface area (Å²) < 4.78 is 5.18. The van der Waals surface area contributed by atoms with Gasteiger partial charge in [0.1, 0.15) is 5.82 Å². The number of carbonyl (C=O) groups is 3. The average Bonchev–Trinajstić information content (AvgIpc) is 3.33. The van der Waals surface area contributed by atoms with Gasteiger partial charge in [-0.05, 0) is 24.3 Å². The highest BCUT2D eigenvalue weighted by atomic mass is 16.3. The van der Waals surface area contributed by atoms with Crippen molar-refractivity contribution in [2.45, 2.75) is 0 Å². The monoisotopic (exact) mass is 397 g/mol. The number of piperazine rings is 2. The number of hydrogen-bond acceptors (Lipinski definition) is 6. The molecule has 0 N–H and O–H groups in total. The third-order valence-corrected chi connectivity index (χ3v) is 5.37. The molecule has 0 atom stereocenters. The molecule has 0 radical (unpaired) electrons. The fourth-order valence-electron chi connectivity index (χ4n) is 3.61. The van der Waals surface area contributed by atoms with Gasteiger partial charge in [-0.15, -0.1) is 0 Å². The molecular formula is C20H23N5O4. The first-order valence-electron chi connectivity index (χ1n) is 9.68. The molecular weight excluding hydrogens is 374 g/mol. The van der Waals surface area contributed by atoms with Gasteiger partial charge in [0.05, 0.1) is 11.8 Å². The highest BCUT2D eigenvalue weighted by molar-refractivity contribution is 5.94. The third kappa shape index (κ3) is 4.08. The van der Waals surface area contributed by atoms with Crippen LogP contribution < -0.4 is 4.90 Å². The van der Waals surface area contributed by atoms with E-state index in [9.17, 15) is 14.4 Å². The zero-order chi connectivity index (χ0) is 20.2. The van der Waals surface area contributed by atoms with Crippen molar-refractivity contribution in [3.8, 4) is 0 Å². The van der Waals surface area contributed by atoms with Crippen molar-refractivity contribution in [2.75, 3.05) is 57.3 Å². The van der Waals surface area contributed by atoms with Crippen LogP contribution in [0.15, 0.2) is 41.1 Å². The van der Waals surface area contributed by atoms with E-state index >= 15 is 0 Å². The molecule has 0 bridgehead atoms. The Kier molecular flexibility index (Phi) is 5.46. The lowest BCUT2D eigenvalue weighted by atomic mass is 10.2. The number of nitrogens with zero attached hydrogens (tertiary/aromatic N) is 5. The fraction of sp³-hybridized carbons (Fsp3) is 0.400. The molecule has 2 aliphatic rings. The number of aromatic nitrogens is 1. The van der Waals surface area contributed by atoms with Gasteiger partial charge in [0.2, 0.25) is 6.41 Å². The first-order chi connectivity index (χ1) is 14.2. The van der Waals surface area contributed by atoms with Crippen LogP contribution in [0.1, 0.15) is 20.9 Å². The van der Waals surface area contributed by atoms with Gasteiger partial charge in [-0.1, -0.05) is 0 Å². The summed E-state index contributed by atoms with van der Waals surface area (Å²) >= 11 is 0. The average molecular weight is 397 g/mol. The lowest BCUT2D eigenvalue weighted by Gasteiger charge is -2.35. The number of amides is 3. The van der Waals surface area contributed by atoms with Crippen LogP contribution in [0.4, 0.5) is 5.82 Å². The van der Waals surface area contributed by atoms with Crippen LogP contribution in [-0.2, 0) is 4.79 Å². The molecule has 2 fully saturated rings. The van der Waals surface area contributed by atoms with E-state index in [-0.39, 0.29) is 11.8 Å². The summed E-state index contributed by atoms with van der Waals surface area (Å²) in [6, 6.07) is 7.01. The van der Waals surface area contributed by atoms with E-state index < -0.39 is 0 Å². The van der Waals surface area contributed by atoms with Crippen molar-refractivity contribution < 1.29 is 18.8 Å². The summed E-state index contributed by atoms with van der Waals surface area (Å²) in [4.78, 5) is 47.5. The molecule has 2 aromatic rings. The highest BCUT2D eigenvalue weighted by Crippen LogP contribution is 2.17. The lowest BCUT2D eigenvalue weighted by Crippen LogP contribution is -2.49. The number of pyridine rings is 1. The first-order valence-corrected chi connectivity index (χ1v) is 9.68. The summed E-state index contributed by atoms with van der Waals surface area (Å²) in [5.41, 5.74) is 0.542. The second-order valence-corrected chi connectivity index (χ2v) is 7.10. The number of hydrogen-bond donors (Lipinski definition) is 0. The number of rotatable bonds is 4. The number of carbonyl (C=O) groups excluding carboxylic acids is 3. The number of anilines is 1. The Morgan fingerprint density at radius 2 is 1.59 bits per heavy atom. The topological polar surface area (TPSA) is 90.2 Å². The minimum absolute atomic E-state index is 0.0662. The first kappa shape index (κ1) is 19.0. The lowest BCUT2D eigenvalue weighted by molar-refractivity contribution is -0.119. The Morgan fingerprint density at radius 3 is 2.17 bits per heavy atom. The van der Waals surface area contributed by atoms with E-state index in [2.05, 4.69) is 9.88 Å². The van der Waals surface area contributed by atoms with Crippen LogP contribution in [0, 0.1) is 0 Å². The van der Waals surface area contributed by atoms with Crippen LogP contribution in [0.5, 0.6) is 0 Å². The summed E-state index contributed by atoms with van der Waals surface area (Å²) in [5, 5.41) is 0. The molecule has 0 saturated carbocycles. The summed E-state index contributed by atoms with van der Waals surface area (Å²) in [5.74, 6) is 0.979. The van der Waals surface area contributed by atoms with Crippen LogP contribution in [0.2, 0.25) is 0 Å². The van der Waals surface area contributed by atoms with Crippen molar-refractivity contribution >= 4 is 24.0 Å². The van der Waals surface area contributed by atoms with Gasteiger partial charge in [-0.3, -0.25) is 14.4 Å². The van der Waals surface area contributed by atoms with E-state index in [1.165, 1.54) is 6.26 Å². The Balaban J connectivity index is 1.32. The zero-order valence-corrected chi connectivity index (χ0v) is 16.1. The summed E-state index contributed by atoms with van der Waals surface area (Å²) in [6.45, 7) is 4.69. The van der Waals surface area contributed by atoms with Gasteiger partial charge in [0.25, 0.3) is 11.8 Å². The third-order valence-electron chi connectivity index (χ3n) is 5.37. The van der Waals surface area contributed by atoms with E-state index in [4.69, 9.17) is 4.42 Å². The predicted octanol–water partition coefficient (Wildman–Crippen LogP) is 0.551. The molecule has 2 saturated heterocycles. The van der Waals surface area contributed by atoms with Crippen LogP contribution in [-0.4, -0.2) is 90.3 Å². The fourth-order valence-corrected chi connectivity index (χ4v) is 3.61. The predicted molar refractivity (Wildman–Crippen MR) is 105 cm³/mol. The molecule has 9 heteroatoms. The van der Waals surface area contributed by atoms with E-state index in [1.54, 1.807) is 39.1 Å². The smallest absolute Gasteiger partial charge is 0.289 e. The second kappa shape index (κ2) is 8.34. The van der Waals surface area contributed by atoms with E-state index in [0.717, 1.165) is 12.2 Å². The maximum atomic E-state index is 12.6. The summed E-state index contributed by atoms with van der Waals surface area (Å²) in [7, 11) is 0. The van der Waals surface area contributed by atoms with Crippen molar-refractivity contribution in [3.05, 3.63) is 48.0 Å². The SMILES string of the molecule is O=CN1CCN(C(=O)c2ccc(N3CCN(C(=O)c4ccco4)CC3)nc2)CC1. The quantitative estimate of drug-likeness (QED) is 0.700. The van der Waals surface area contributed by atoms with Crippen LogP contribution >= 0.6 is 0 Å². The minimum Gasteiger partial charge on any atom is -0.459 e. The van der Waals surface area contributed by atoms with Crippen molar-refractivity contribution in [1.82, 2.24) is 19.7 Å². The Bertz CT molecular complexity index is 852. The Labute approximate surface area is 168 Å². The molecule has 9 nitrogen and oxygen atoms in total. The Hall–Kier alpha value is -3.36. The second-order valence-electron chi connectivity index (χ2n) is 7.10. The van der Waals surface area contributed by atoms with Crippen LogP contribution in [0.3, 0.4) is 0 Å². The maximum Gasteiger partial charge on any atom is 0.289 e. The van der Waals surface area contributed by atoms with Gasteiger partial charge < -0.3 is 24.0 Å². The van der Waals surface area contributed by atoms with Crippen molar-refractivity contribution in [2.24, 2.45) is 0 Å². The molecule has 0 spiro atoms. The van der Waals surface area contributed by atoms with Crippen molar-refractivity contribution in [3.63, 3.8) is 0 Å². The minimum atomic E-state index is -0.0989. The maximum absolute atomic E-state index is 12.6. The van der Waals surface area contributed by atoms with Gasteiger partial charge in [0.15, 0.2) is 5.76 Å². The molecule has 3 amide bonds. The zero-order valence-electron chi connectivity index (χ0n) is 16.1. The molecule has 4 heterocycles. The van der Waals surface area contributed by atoms with Gasteiger partial charge in [-0.25, -0.2) is 4.98 Å². The van der Waals surface area contributed by atoms with Gasteiger partial charge in [-0.2, -0.15) is 0 Å². The van der Waals surface area contributed by atoms with Gasteiger partial charge >= 0.3 is 0 Å². The number of furan rings is 1. The van der Waals surface area contributed by atoms with Crippen molar-refractivity contribution in [1.29, 1.82) is 0 Å². The molecule has 152 valence electrons. The van der Waals surface area contributed by atoms with Crippen LogP contribution in [0.25, 0.3) is 0 Å². The molecule has 0 aromatic carbocycles. The standard InChI is InChI=1S/C20H23N5O4/c26-15-22-5-7-24(8-6-22)19(27)16-3-4-18(21-14-16)23-9-11-25(12-10-23)20(28)17-2-1-13-29-17/h1-4,13-15H,5-12H2. The normalized spacial score (nSPS) is 17.4. The molecule has 0 aliphatic carbocycles. The molecule has 2 aliphatic heterocycles. The molecule has 2 aromatic heterocycles.